The minimum atomic E-state index is 0.677. The highest BCUT2D eigenvalue weighted by atomic mass is 32.1. The molecule has 46 heavy (non-hydrogen) atoms. The van der Waals surface area contributed by atoms with Crippen molar-refractivity contribution in [3.63, 3.8) is 0 Å². The van der Waals surface area contributed by atoms with Crippen molar-refractivity contribution in [2.45, 2.75) is 0 Å². The summed E-state index contributed by atoms with van der Waals surface area (Å²) in [7, 11) is 0. The van der Waals surface area contributed by atoms with Crippen LogP contribution in [-0.2, 0) is 0 Å². The van der Waals surface area contributed by atoms with E-state index >= 15 is 0 Å². The third kappa shape index (κ3) is 4.27. The van der Waals surface area contributed by atoms with Crippen molar-refractivity contribution >= 4 is 63.0 Å². The van der Waals surface area contributed by atoms with Crippen molar-refractivity contribution in [2.24, 2.45) is 0 Å². The molecule has 0 aliphatic carbocycles. The zero-order chi connectivity index (χ0) is 30.6. The molecule has 0 radical (unpaired) electrons. The Balaban J connectivity index is 1.35. The van der Waals surface area contributed by atoms with Gasteiger partial charge in [0.05, 0.1) is 11.6 Å². The SMILES string of the molecule is N#Cc1ccccc1-c1ccccc1-c1cc(-c2cccc3c2sc2ccccc23)cc(-c2cccc3c2sc2ccccc23)c1. The van der Waals surface area contributed by atoms with Crippen LogP contribution in [0.5, 0.6) is 0 Å². The number of rotatable bonds is 4. The van der Waals surface area contributed by atoms with Crippen molar-refractivity contribution < 1.29 is 0 Å². The number of thiophene rings is 2. The minimum absolute atomic E-state index is 0.677. The van der Waals surface area contributed by atoms with E-state index in [1.807, 2.05) is 40.9 Å². The molecule has 0 spiro atoms. The molecule has 1 nitrogen and oxygen atoms in total. The molecule has 0 saturated carbocycles. The zero-order valence-corrected chi connectivity index (χ0v) is 26.3. The Bertz CT molecular complexity index is 2530. The maximum Gasteiger partial charge on any atom is 0.0998 e. The van der Waals surface area contributed by atoms with Crippen molar-refractivity contribution in [1.29, 1.82) is 5.26 Å². The Kier molecular flexibility index (Phi) is 6.31. The van der Waals surface area contributed by atoms with Crippen LogP contribution < -0.4 is 0 Å². The highest BCUT2D eigenvalue weighted by molar-refractivity contribution is 7.26. The van der Waals surface area contributed by atoms with Crippen LogP contribution in [0.4, 0.5) is 0 Å². The molecular weight excluding hydrogens is 595 g/mol. The fraction of sp³-hybridized carbons (Fsp3) is 0. The van der Waals surface area contributed by atoms with Gasteiger partial charge in [0.25, 0.3) is 0 Å². The Morgan fingerprint density at radius 3 is 1.35 bits per heavy atom. The van der Waals surface area contributed by atoms with Gasteiger partial charge in [-0.25, -0.2) is 0 Å². The van der Waals surface area contributed by atoms with Gasteiger partial charge in [-0.05, 0) is 75.3 Å². The van der Waals surface area contributed by atoms with Gasteiger partial charge >= 0.3 is 0 Å². The molecule has 2 heterocycles. The second-order valence-electron chi connectivity index (χ2n) is 11.6. The second kappa shape index (κ2) is 10.8. The summed E-state index contributed by atoms with van der Waals surface area (Å²) in [6.45, 7) is 0. The molecule has 0 saturated heterocycles. The molecule has 2 aromatic heterocycles. The number of hydrogen-bond donors (Lipinski definition) is 0. The van der Waals surface area contributed by atoms with Crippen LogP contribution in [0.15, 0.2) is 152 Å². The molecule has 0 bridgehead atoms. The smallest absolute Gasteiger partial charge is 0.0998 e. The van der Waals surface area contributed by atoms with E-state index in [-0.39, 0.29) is 0 Å². The molecular formula is C43H25NS2. The average molecular weight is 620 g/mol. The van der Waals surface area contributed by atoms with Crippen molar-refractivity contribution in [3.05, 3.63) is 157 Å². The molecule has 0 N–H and O–H groups in total. The maximum absolute atomic E-state index is 10.0. The van der Waals surface area contributed by atoms with E-state index in [0.717, 1.165) is 22.3 Å². The maximum atomic E-state index is 10.0. The second-order valence-corrected chi connectivity index (χ2v) is 13.7. The summed E-state index contributed by atoms with van der Waals surface area (Å²) in [5.41, 5.74) is 9.77. The van der Waals surface area contributed by atoms with Crippen molar-refractivity contribution in [1.82, 2.24) is 0 Å². The summed E-state index contributed by atoms with van der Waals surface area (Å²) in [6, 6.07) is 56.6. The van der Waals surface area contributed by atoms with Gasteiger partial charge in [-0.1, -0.05) is 115 Å². The van der Waals surface area contributed by atoms with Crippen LogP contribution in [0.1, 0.15) is 5.56 Å². The number of nitrogens with zero attached hydrogens (tertiary/aromatic N) is 1. The third-order valence-electron chi connectivity index (χ3n) is 8.94. The van der Waals surface area contributed by atoms with E-state index in [9.17, 15) is 5.26 Å². The lowest BCUT2D eigenvalue weighted by Gasteiger charge is -2.16. The summed E-state index contributed by atoms with van der Waals surface area (Å²) >= 11 is 3.73. The van der Waals surface area contributed by atoms with E-state index in [4.69, 9.17) is 0 Å². The first-order valence-electron chi connectivity index (χ1n) is 15.3. The normalized spacial score (nSPS) is 11.5. The monoisotopic (exact) mass is 619 g/mol. The van der Waals surface area contributed by atoms with Crippen LogP contribution in [0.3, 0.4) is 0 Å². The van der Waals surface area contributed by atoms with Gasteiger partial charge in [0, 0.05) is 45.9 Å². The van der Waals surface area contributed by atoms with Crippen molar-refractivity contribution in [2.75, 3.05) is 0 Å². The number of benzene rings is 7. The van der Waals surface area contributed by atoms with Gasteiger partial charge < -0.3 is 0 Å². The van der Waals surface area contributed by atoms with Gasteiger partial charge in [0.1, 0.15) is 0 Å². The Hall–Kier alpha value is -5.53. The lowest BCUT2D eigenvalue weighted by atomic mass is 9.88. The molecule has 0 aliphatic rings. The number of nitriles is 1. The van der Waals surface area contributed by atoms with Crippen LogP contribution in [0.2, 0.25) is 0 Å². The van der Waals surface area contributed by atoms with E-state index in [1.165, 1.54) is 62.6 Å². The van der Waals surface area contributed by atoms with Gasteiger partial charge in [-0.2, -0.15) is 5.26 Å². The van der Waals surface area contributed by atoms with E-state index < -0.39 is 0 Å². The Morgan fingerprint density at radius 1 is 0.370 bits per heavy atom. The van der Waals surface area contributed by atoms with Crippen LogP contribution in [0.25, 0.3) is 84.9 Å². The molecule has 0 fully saturated rings. The standard InChI is InChI=1S/C43H25NS2/c44-26-27-11-1-2-12-31(27)35-14-4-3-13-32(35)28-23-29(33-17-9-19-38-36-15-5-7-21-40(36)45-42(33)38)25-30(24-28)34-18-10-20-39-37-16-6-8-22-41(37)46-43(34)39/h1-25H. The van der Waals surface area contributed by atoms with E-state index in [2.05, 4.69) is 140 Å². The molecule has 214 valence electrons. The van der Waals surface area contributed by atoms with Crippen LogP contribution >= 0.6 is 22.7 Å². The first-order chi connectivity index (χ1) is 22.8. The van der Waals surface area contributed by atoms with Crippen molar-refractivity contribution in [3.8, 4) is 50.6 Å². The summed E-state index contributed by atoms with van der Waals surface area (Å²) in [6.07, 6.45) is 0. The predicted molar refractivity (Wildman–Crippen MR) is 199 cm³/mol. The predicted octanol–water partition coefficient (Wildman–Crippen LogP) is 13.0. The fourth-order valence-corrected chi connectivity index (χ4v) is 9.30. The lowest BCUT2D eigenvalue weighted by Crippen LogP contribution is -1.91. The quantitative estimate of drug-likeness (QED) is 0.192. The zero-order valence-electron chi connectivity index (χ0n) is 24.7. The van der Waals surface area contributed by atoms with Gasteiger partial charge in [0.15, 0.2) is 0 Å². The van der Waals surface area contributed by atoms with Gasteiger partial charge in [-0.15, -0.1) is 22.7 Å². The largest absolute Gasteiger partial charge is 0.192 e. The summed E-state index contributed by atoms with van der Waals surface area (Å²) < 4.78 is 5.20. The number of hydrogen-bond acceptors (Lipinski definition) is 3. The first-order valence-corrected chi connectivity index (χ1v) is 17.0. The molecule has 0 atom stereocenters. The fourth-order valence-electron chi connectivity index (χ4n) is 6.83. The average Bonchev–Trinajstić information content (AvgIpc) is 3.70. The topological polar surface area (TPSA) is 23.8 Å². The Labute approximate surface area is 274 Å². The van der Waals surface area contributed by atoms with Crippen LogP contribution in [-0.4, -0.2) is 0 Å². The molecule has 0 unspecified atom stereocenters. The van der Waals surface area contributed by atoms with E-state index in [1.54, 1.807) is 0 Å². The number of fused-ring (bicyclic) bond motifs is 6. The minimum Gasteiger partial charge on any atom is -0.192 e. The molecule has 9 rings (SSSR count). The lowest BCUT2D eigenvalue weighted by molar-refractivity contribution is 1.48. The molecule has 0 amide bonds. The molecule has 3 heteroatoms. The molecule has 7 aromatic carbocycles. The third-order valence-corrected chi connectivity index (χ3v) is 11.4. The van der Waals surface area contributed by atoms with Crippen LogP contribution in [0, 0.1) is 11.3 Å². The highest BCUT2D eigenvalue weighted by Gasteiger charge is 2.17. The molecule has 9 aromatic rings. The Morgan fingerprint density at radius 2 is 0.783 bits per heavy atom. The summed E-state index contributed by atoms with van der Waals surface area (Å²) in [5, 5.41) is 15.2. The summed E-state index contributed by atoms with van der Waals surface area (Å²) in [4.78, 5) is 0. The van der Waals surface area contributed by atoms with E-state index in [0.29, 0.717) is 5.56 Å². The highest BCUT2D eigenvalue weighted by Crippen LogP contribution is 2.45. The van der Waals surface area contributed by atoms with Gasteiger partial charge in [0.2, 0.25) is 0 Å². The summed E-state index contributed by atoms with van der Waals surface area (Å²) in [5.74, 6) is 0. The first kappa shape index (κ1) is 26.8. The van der Waals surface area contributed by atoms with Gasteiger partial charge in [-0.3, -0.25) is 0 Å². The molecule has 0 aliphatic heterocycles.